The summed E-state index contributed by atoms with van der Waals surface area (Å²) in [6.07, 6.45) is 1.89. The fourth-order valence-electron chi connectivity index (χ4n) is 3.25. The molecule has 0 bridgehead atoms. The van der Waals surface area contributed by atoms with Gasteiger partial charge in [0.05, 0.1) is 19.4 Å². The predicted molar refractivity (Wildman–Crippen MR) is 93.1 cm³/mol. The third-order valence-corrected chi connectivity index (χ3v) is 4.69. The summed E-state index contributed by atoms with van der Waals surface area (Å²) in [5, 5.41) is 4.24. The van der Waals surface area contributed by atoms with Gasteiger partial charge in [-0.25, -0.2) is 0 Å². The van der Waals surface area contributed by atoms with Gasteiger partial charge in [0, 0.05) is 45.3 Å². The third-order valence-electron chi connectivity index (χ3n) is 4.69. The second-order valence-corrected chi connectivity index (χ2v) is 6.20. The summed E-state index contributed by atoms with van der Waals surface area (Å²) >= 11 is 0. The van der Waals surface area contributed by atoms with Crippen LogP contribution >= 0.6 is 0 Å². The van der Waals surface area contributed by atoms with Gasteiger partial charge in [0.25, 0.3) is 0 Å². The molecule has 2 heterocycles. The number of hydrogen-bond acceptors (Lipinski definition) is 5. The number of nitrogens with zero attached hydrogens (tertiary/aromatic N) is 3. The topological polar surface area (TPSA) is 65.5 Å². The zero-order valence-corrected chi connectivity index (χ0v) is 14.4. The van der Waals surface area contributed by atoms with Crippen LogP contribution in [0.25, 0.3) is 0 Å². The maximum atomic E-state index is 6.04. The zero-order valence-electron chi connectivity index (χ0n) is 14.4. The molecular formula is C18H26N4O2. The number of ether oxygens (including phenoxy) is 2. The zero-order chi connectivity index (χ0) is 16.9. The lowest BCUT2D eigenvalue weighted by Gasteiger charge is -2.35. The van der Waals surface area contributed by atoms with Crippen molar-refractivity contribution in [3.8, 4) is 5.75 Å². The molecule has 0 radical (unpaired) electrons. The van der Waals surface area contributed by atoms with Crippen LogP contribution in [0.15, 0.2) is 36.5 Å². The van der Waals surface area contributed by atoms with Gasteiger partial charge in [0.2, 0.25) is 0 Å². The Kier molecular flexibility index (Phi) is 5.50. The van der Waals surface area contributed by atoms with E-state index in [0.717, 1.165) is 37.7 Å². The molecule has 24 heavy (non-hydrogen) atoms. The molecular weight excluding hydrogens is 304 g/mol. The van der Waals surface area contributed by atoms with Crippen LogP contribution in [0.1, 0.15) is 23.3 Å². The minimum Gasteiger partial charge on any atom is -0.497 e. The standard InChI is InChI=1S/C18H26N4O2/c1-21-17(7-8-20-21)18-13-22(9-10-24-18)12-15(11-19)14-3-5-16(23-2)6-4-14/h3-8,15,18H,9-13,19H2,1-2H3. The second kappa shape index (κ2) is 7.79. The normalized spacial score (nSPS) is 20.0. The number of nitrogens with two attached hydrogens (primary N) is 1. The van der Waals surface area contributed by atoms with Gasteiger partial charge < -0.3 is 15.2 Å². The summed E-state index contributed by atoms with van der Waals surface area (Å²) in [4.78, 5) is 2.43. The van der Waals surface area contributed by atoms with Gasteiger partial charge in [-0.05, 0) is 23.8 Å². The molecule has 0 saturated carbocycles. The van der Waals surface area contributed by atoms with Crippen LogP contribution in [0.2, 0.25) is 0 Å². The molecule has 1 aliphatic rings. The van der Waals surface area contributed by atoms with Crippen molar-refractivity contribution in [2.24, 2.45) is 12.8 Å². The lowest BCUT2D eigenvalue weighted by Crippen LogP contribution is -2.42. The molecule has 130 valence electrons. The van der Waals surface area contributed by atoms with Gasteiger partial charge in [-0.3, -0.25) is 9.58 Å². The Balaban J connectivity index is 1.65. The van der Waals surface area contributed by atoms with Crippen molar-refractivity contribution >= 4 is 0 Å². The van der Waals surface area contributed by atoms with E-state index in [2.05, 4.69) is 22.1 Å². The molecule has 0 amide bonds. The molecule has 0 spiro atoms. The first-order valence-corrected chi connectivity index (χ1v) is 8.37. The van der Waals surface area contributed by atoms with E-state index in [1.165, 1.54) is 5.56 Å². The van der Waals surface area contributed by atoms with Crippen molar-refractivity contribution in [2.75, 3.05) is 39.9 Å². The van der Waals surface area contributed by atoms with Gasteiger partial charge in [0.15, 0.2) is 0 Å². The molecule has 2 aromatic rings. The summed E-state index contributed by atoms with van der Waals surface area (Å²) in [6, 6.07) is 10.2. The highest BCUT2D eigenvalue weighted by Crippen LogP contribution is 2.25. The average molecular weight is 330 g/mol. The minimum absolute atomic E-state index is 0.0699. The fourth-order valence-corrected chi connectivity index (χ4v) is 3.25. The average Bonchev–Trinajstić information content (AvgIpc) is 3.06. The highest BCUT2D eigenvalue weighted by atomic mass is 16.5. The lowest BCUT2D eigenvalue weighted by atomic mass is 9.98. The first kappa shape index (κ1) is 17.0. The van der Waals surface area contributed by atoms with Crippen molar-refractivity contribution in [1.82, 2.24) is 14.7 Å². The highest BCUT2D eigenvalue weighted by molar-refractivity contribution is 5.29. The minimum atomic E-state index is 0.0699. The molecule has 6 nitrogen and oxygen atoms in total. The van der Waals surface area contributed by atoms with Crippen molar-refractivity contribution in [3.63, 3.8) is 0 Å². The van der Waals surface area contributed by atoms with Crippen LogP contribution in [-0.2, 0) is 11.8 Å². The van der Waals surface area contributed by atoms with Crippen molar-refractivity contribution in [1.29, 1.82) is 0 Å². The van der Waals surface area contributed by atoms with Crippen molar-refractivity contribution in [3.05, 3.63) is 47.8 Å². The Bertz CT molecular complexity index is 641. The van der Waals surface area contributed by atoms with Crippen LogP contribution in [0.4, 0.5) is 0 Å². The number of aryl methyl sites for hydroxylation is 1. The van der Waals surface area contributed by atoms with Gasteiger partial charge in [-0.2, -0.15) is 5.10 Å². The Hall–Kier alpha value is -1.89. The summed E-state index contributed by atoms with van der Waals surface area (Å²) in [7, 11) is 3.64. The largest absolute Gasteiger partial charge is 0.497 e. The highest BCUT2D eigenvalue weighted by Gasteiger charge is 2.26. The summed E-state index contributed by atoms with van der Waals surface area (Å²) in [5.41, 5.74) is 8.41. The summed E-state index contributed by atoms with van der Waals surface area (Å²) in [5.74, 6) is 1.18. The quantitative estimate of drug-likeness (QED) is 0.870. The monoisotopic (exact) mass is 330 g/mol. The van der Waals surface area contributed by atoms with Gasteiger partial charge in [-0.1, -0.05) is 12.1 Å². The summed E-state index contributed by atoms with van der Waals surface area (Å²) < 4.78 is 13.1. The Labute approximate surface area is 143 Å². The van der Waals surface area contributed by atoms with E-state index >= 15 is 0 Å². The van der Waals surface area contributed by atoms with Crippen molar-refractivity contribution in [2.45, 2.75) is 12.0 Å². The van der Waals surface area contributed by atoms with Gasteiger partial charge >= 0.3 is 0 Å². The molecule has 3 rings (SSSR count). The van der Waals surface area contributed by atoms with E-state index < -0.39 is 0 Å². The first-order valence-electron chi connectivity index (χ1n) is 8.37. The molecule has 1 aromatic carbocycles. The van der Waals surface area contributed by atoms with Crippen LogP contribution in [0.5, 0.6) is 5.75 Å². The maximum Gasteiger partial charge on any atom is 0.118 e. The number of methoxy groups -OCH3 is 1. The molecule has 0 aliphatic carbocycles. The maximum absolute atomic E-state index is 6.04. The molecule has 2 unspecified atom stereocenters. The smallest absolute Gasteiger partial charge is 0.118 e. The van der Waals surface area contributed by atoms with Crippen LogP contribution in [0, 0.1) is 0 Å². The van der Waals surface area contributed by atoms with Crippen molar-refractivity contribution < 1.29 is 9.47 Å². The van der Waals surface area contributed by atoms with Gasteiger partial charge in [0.1, 0.15) is 11.9 Å². The Morgan fingerprint density at radius 3 is 2.75 bits per heavy atom. The van der Waals surface area contributed by atoms with E-state index in [9.17, 15) is 0 Å². The molecule has 1 saturated heterocycles. The van der Waals surface area contributed by atoms with Crippen LogP contribution in [0.3, 0.4) is 0 Å². The molecule has 1 aromatic heterocycles. The van der Waals surface area contributed by atoms with Crippen LogP contribution in [-0.4, -0.2) is 54.6 Å². The number of rotatable bonds is 6. The first-order chi connectivity index (χ1) is 11.7. The van der Waals surface area contributed by atoms with E-state index in [-0.39, 0.29) is 6.10 Å². The van der Waals surface area contributed by atoms with E-state index in [1.807, 2.05) is 36.1 Å². The van der Waals surface area contributed by atoms with Gasteiger partial charge in [-0.15, -0.1) is 0 Å². The Morgan fingerprint density at radius 1 is 1.33 bits per heavy atom. The molecule has 2 N–H and O–H groups in total. The summed E-state index contributed by atoms with van der Waals surface area (Å²) in [6.45, 7) is 4.09. The molecule has 2 atom stereocenters. The molecule has 1 aliphatic heterocycles. The fraction of sp³-hybridized carbons (Fsp3) is 0.500. The molecule has 6 heteroatoms. The van der Waals surface area contributed by atoms with E-state index in [4.69, 9.17) is 15.2 Å². The number of hydrogen-bond donors (Lipinski definition) is 1. The third kappa shape index (κ3) is 3.77. The SMILES string of the molecule is COc1ccc(C(CN)CN2CCOC(c3ccnn3C)C2)cc1. The predicted octanol–water partition coefficient (Wildman–Crippen LogP) is 1.54. The number of morpholine rings is 1. The number of benzene rings is 1. The second-order valence-electron chi connectivity index (χ2n) is 6.20. The molecule has 1 fully saturated rings. The number of aromatic nitrogens is 2. The van der Waals surface area contributed by atoms with E-state index in [1.54, 1.807) is 7.11 Å². The van der Waals surface area contributed by atoms with E-state index in [0.29, 0.717) is 12.5 Å². The Morgan fingerprint density at radius 2 is 2.12 bits per heavy atom. The lowest BCUT2D eigenvalue weighted by molar-refractivity contribution is -0.0353. The van der Waals surface area contributed by atoms with Crippen LogP contribution < -0.4 is 10.5 Å².